The topological polar surface area (TPSA) is 128 Å². The molecule has 2 aromatic heterocycles. The molecule has 13 heteroatoms. The molecule has 38 heavy (non-hydrogen) atoms. The third-order valence-corrected chi connectivity index (χ3v) is 6.17. The average molecular weight is 646 g/mol. The number of likely N-dealkylation sites (N-methyl/N-ethyl adjacent to an activating group) is 1. The fraction of sp³-hybridized carbons (Fsp3) is 0.200. The zero-order valence-electron chi connectivity index (χ0n) is 20.9. The van der Waals surface area contributed by atoms with E-state index >= 15 is 0 Å². The number of amides is 1. The molecule has 0 radical (unpaired) electrons. The number of benzene rings is 2. The van der Waals surface area contributed by atoms with Crippen molar-refractivity contribution in [2.24, 2.45) is 7.05 Å². The van der Waals surface area contributed by atoms with Gasteiger partial charge in [0.1, 0.15) is 24.9 Å². The van der Waals surface area contributed by atoms with Gasteiger partial charge in [-0.3, -0.25) is 19.6 Å². The van der Waals surface area contributed by atoms with Gasteiger partial charge in [-0.05, 0) is 42.5 Å². The molecule has 0 spiro atoms. The zero-order valence-corrected chi connectivity index (χ0v) is 24.1. The van der Waals surface area contributed by atoms with Crippen LogP contribution in [0, 0.1) is 10.1 Å². The van der Waals surface area contributed by atoms with Crippen LogP contribution in [0.5, 0.6) is 0 Å². The minimum atomic E-state index is -0.431. The van der Waals surface area contributed by atoms with Gasteiger partial charge in [0.25, 0.3) is 0 Å². The van der Waals surface area contributed by atoms with E-state index in [1.165, 1.54) is 23.3 Å². The second kappa shape index (κ2) is 12.2. The molecule has 0 aliphatic carbocycles. The first-order chi connectivity index (χ1) is 17.6. The van der Waals surface area contributed by atoms with Crippen molar-refractivity contribution in [3.63, 3.8) is 0 Å². The summed E-state index contributed by atoms with van der Waals surface area (Å²) in [6.45, 7) is 0.874. The largest absolute Gasteiger partial charge is 1.00 e. The van der Waals surface area contributed by atoms with Crippen LogP contribution in [0.3, 0.4) is 0 Å². The average Bonchev–Trinajstić information content (AvgIpc) is 3.19. The van der Waals surface area contributed by atoms with Crippen LogP contribution in [0.25, 0.3) is 10.9 Å². The van der Waals surface area contributed by atoms with E-state index in [1.807, 2.05) is 50.5 Å². The van der Waals surface area contributed by atoms with Crippen molar-refractivity contribution in [3.05, 3.63) is 87.4 Å². The number of carbonyl (C=O) groups excluding carboxylic acids is 1. The van der Waals surface area contributed by atoms with Crippen molar-refractivity contribution in [1.29, 1.82) is 0 Å². The van der Waals surface area contributed by atoms with E-state index in [-0.39, 0.29) is 28.6 Å². The Hall–Kier alpha value is -3.68. The maximum atomic E-state index is 12.6. The van der Waals surface area contributed by atoms with Crippen LogP contribution in [0.15, 0.2) is 71.6 Å². The summed E-state index contributed by atoms with van der Waals surface area (Å²) in [4.78, 5) is 32.1. The molecule has 4 rings (SSSR count). The zero-order chi connectivity index (χ0) is 26.6. The Morgan fingerprint density at radius 3 is 2.71 bits per heavy atom. The van der Waals surface area contributed by atoms with Gasteiger partial charge in [-0.1, -0.05) is 22.0 Å². The second-order valence-corrected chi connectivity index (χ2v) is 10.0. The number of aromatic nitrogens is 4. The normalized spacial score (nSPS) is 11.4. The van der Waals surface area contributed by atoms with Crippen LogP contribution in [-0.2, 0) is 18.4 Å². The first kappa shape index (κ1) is 28.9. The number of anilines is 3. The number of quaternary nitrogens is 1. The number of hydrogen-bond acceptors (Lipinski definition) is 7. The molecule has 0 aliphatic rings. The molecule has 0 saturated carbocycles. The Bertz CT molecular complexity index is 1500. The Kier molecular flexibility index (Phi) is 9.31. The molecule has 2 N–H and O–H groups in total. The predicted molar refractivity (Wildman–Crippen MR) is 145 cm³/mol. The summed E-state index contributed by atoms with van der Waals surface area (Å²) in [5.41, 5.74) is 2.73. The summed E-state index contributed by atoms with van der Waals surface area (Å²) in [6, 6.07) is 13.2. The van der Waals surface area contributed by atoms with Crippen LogP contribution < -0.4 is 27.6 Å². The molecule has 0 atom stereocenters. The maximum absolute atomic E-state index is 12.6. The summed E-state index contributed by atoms with van der Waals surface area (Å²) in [5.74, 6) is 0.335. The quantitative estimate of drug-likeness (QED) is 0.122. The second-order valence-electron chi connectivity index (χ2n) is 9.11. The van der Waals surface area contributed by atoms with Crippen LogP contribution >= 0.6 is 15.9 Å². The van der Waals surface area contributed by atoms with Gasteiger partial charge in [0.05, 0.1) is 31.1 Å². The summed E-state index contributed by atoms with van der Waals surface area (Å²) < 4.78 is 2.86. The van der Waals surface area contributed by atoms with Gasteiger partial charge < -0.3 is 32.1 Å². The lowest BCUT2D eigenvalue weighted by Crippen LogP contribution is -3.00. The molecule has 11 nitrogen and oxygen atoms in total. The minimum Gasteiger partial charge on any atom is -1.00 e. The maximum Gasteiger partial charge on any atom is 0.316 e. The van der Waals surface area contributed by atoms with Crippen molar-refractivity contribution in [1.82, 2.24) is 19.7 Å². The fourth-order valence-corrected chi connectivity index (χ4v) is 4.22. The van der Waals surface area contributed by atoms with Gasteiger partial charge >= 0.3 is 5.69 Å². The van der Waals surface area contributed by atoms with Crippen LogP contribution in [0.2, 0.25) is 0 Å². The smallest absolute Gasteiger partial charge is 0.316 e. The third kappa shape index (κ3) is 7.21. The lowest BCUT2D eigenvalue weighted by Gasteiger charge is -2.28. The number of aryl methyl sites for hydroxylation is 1. The molecule has 0 bridgehead atoms. The van der Waals surface area contributed by atoms with E-state index < -0.39 is 4.92 Å². The number of hydrogen-bond donors (Lipinski definition) is 2. The molecule has 2 heterocycles. The Morgan fingerprint density at radius 2 is 1.97 bits per heavy atom. The van der Waals surface area contributed by atoms with Gasteiger partial charge in [-0.2, -0.15) is 5.10 Å². The highest BCUT2D eigenvalue weighted by Gasteiger charge is 2.26. The number of fused-ring (bicyclic) bond motifs is 1. The Morgan fingerprint density at radius 1 is 1.18 bits per heavy atom. The molecule has 4 aromatic rings. The van der Waals surface area contributed by atoms with Gasteiger partial charge in [-0.25, -0.2) is 9.97 Å². The van der Waals surface area contributed by atoms with E-state index in [0.29, 0.717) is 34.8 Å². The van der Waals surface area contributed by atoms with E-state index in [1.54, 1.807) is 19.2 Å². The number of nitro groups is 1. The number of nitrogens with one attached hydrogen (secondary N) is 2. The van der Waals surface area contributed by atoms with Crippen LogP contribution in [0.4, 0.5) is 22.9 Å². The molecule has 1 amide bonds. The van der Waals surface area contributed by atoms with Crippen LogP contribution in [-0.4, -0.2) is 55.7 Å². The standard InChI is InChI=1S/C25H25BrN8O3.BrH/c1-32-23(22(14-29-32)33(36)37)15-34(2,3)11-5-8-24(35)30-19-9-10-21-20(13-19)25(28-16-27-21)31-18-7-4-6-17(26)12-18;/h4-10,12-14,16H,11,15H2,1-3H3,(H-,27,28,30,31,35);1H/b8-5+;. The van der Waals surface area contributed by atoms with Gasteiger partial charge in [-0.15, -0.1) is 0 Å². The summed E-state index contributed by atoms with van der Waals surface area (Å²) in [5, 5.41) is 22.2. The molecule has 2 aromatic carbocycles. The summed E-state index contributed by atoms with van der Waals surface area (Å²) in [6.07, 6.45) is 5.96. The molecular formula is C25H26Br2N8O3. The molecule has 0 aliphatic heterocycles. The molecule has 0 fully saturated rings. The lowest BCUT2D eigenvalue weighted by molar-refractivity contribution is -0.898. The molecule has 0 unspecified atom stereocenters. The fourth-order valence-electron chi connectivity index (χ4n) is 3.82. The number of carbonyl (C=O) groups is 1. The van der Waals surface area contributed by atoms with Gasteiger partial charge in [0.2, 0.25) is 5.91 Å². The number of nitrogens with zero attached hydrogens (tertiary/aromatic N) is 6. The third-order valence-electron chi connectivity index (χ3n) is 5.67. The predicted octanol–water partition coefficient (Wildman–Crippen LogP) is 1.55. The monoisotopic (exact) mass is 644 g/mol. The highest BCUT2D eigenvalue weighted by molar-refractivity contribution is 9.10. The van der Waals surface area contributed by atoms with E-state index in [0.717, 1.165) is 21.1 Å². The minimum absolute atomic E-state index is 0. The molecule has 198 valence electrons. The van der Waals surface area contributed by atoms with Crippen molar-refractivity contribution in [2.75, 3.05) is 31.3 Å². The van der Waals surface area contributed by atoms with E-state index in [9.17, 15) is 14.9 Å². The van der Waals surface area contributed by atoms with E-state index in [4.69, 9.17) is 0 Å². The first-order valence-electron chi connectivity index (χ1n) is 11.3. The van der Waals surface area contributed by atoms with Gasteiger partial charge in [0.15, 0.2) is 5.69 Å². The van der Waals surface area contributed by atoms with Crippen molar-refractivity contribution >= 4 is 55.6 Å². The molecule has 0 saturated heterocycles. The van der Waals surface area contributed by atoms with Crippen molar-refractivity contribution in [2.45, 2.75) is 6.54 Å². The highest BCUT2D eigenvalue weighted by atomic mass is 79.9. The van der Waals surface area contributed by atoms with E-state index in [2.05, 4.69) is 41.6 Å². The van der Waals surface area contributed by atoms with Gasteiger partial charge in [0, 0.05) is 34.4 Å². The van der Waals surface area contributed by atoms with Crippen molar-refractivity contribution in [3.8, 4) is 0 Å². The first-order valence-corrected chi connectivity index (χ1v) is 12.1. The molecular weight excluding hydrogens is 620 g/mol. The summed E-state index contributed by atoms with van der Waals surface area (Å²) >= 11 is 3.46. The Balaban J connectivity index is 0.00000400. The highest BCUT2D eigenvalue weighted by Crippen LogP contribution is 2.27. The SMILES string of the molecule is Cn1ncc([N+](=O)[O-])c1C[N+](C)(C)C/C=C/C(=O)Nc1ccc2ncnc(Nc3cccc(Br)c3)c2c1.[Br-]. The van der Waals surface area contributed by atoms with Crippen LogP contribution in [0.1, 0.15) is 5.69 Å². The number of halogens is 2. The van der Waals surface area contributed by atoms with Crippen molar-refractivity contribution < 1.29 is 31.2 Å². The number of rotatable bonds is 9. The summed E-state index contributed by atoms with van der Waals surface area (Å²) in [7, 11) is 5.55. The Labute approximate surface area is 238 Å². The lowest BCUT2D eigenvalue weighted by atomic mass is 10.2.